The number of hydrogen-bond donors (Lipinski definition) is 1. The average Bonchev–Trinajstić information content (AvgIpc) is 2.80. The van der Waals surface area contributed by atoms with Crippen LogP contribution in [-0.2, 0) is 11.3 Å². The third kappa shape index (κ3) is 3.63. The van der Waals surface area contributed by atoms with E-state index < -0.39 is 5.97 Å². The molecule has 0 atom stereocenters. The Morgan fingerprint density at radius 3 is 2.86 bits per heavy atom. The Morgan fingerprint density at radius 1 is 1.48 bits per heavy atom. The van der Waals surface area contributed by atoms with Crippen molar-refractivity contribution in [2.24, 2.45) is 5.92 Å². The van der Waals surface area contributed by atoms with Gasteiger partial charge in [0.2, 0.25) is 5.88 Å². The molecule has 0 amide bonds. The highest BCUT2D eigenvalue weighted by Crippen LogP contribution is 2.27. The second kappa shape index (κ2) is 6.75. The van der Waals surface area contributed by atoms with Crippen molar-refractivity contribution in [2.45, 2.75) is 32.0 Å². The van der Waals surface area contributed by atoms with Crippen LogP contribution in [0.15, 0.2) is 11.5 Å². The van der Waals surface area contributed by atoms with E-state index in [1.54, 1.807) is 0 Å². The molecule has 2 heterocycles. The van der Waals surface area contributed by atoms with E-state index in [9.17, 15) is 4.79 Å². The Balaban J connectivity index is 2.43. The van der Waals surface area contributed by atoms with Gasteiger partial charge >= 0.3 is 5.97 Å². The van der Waals surface area contributed by atoms with Crippen LogP contribution in [0.2, 0.25) is 0 Å². The van der Waals surface area contributed by atoms with Crippen LogP contribution in [0.5, 0.6) is 5.88 Å². The predicted molar refractivity (Wildman–Crippen MR) is 79.7 cm³/mol. The number of carbonyl (C=O) groups is 1. The molecule has 0 aromatic carbocycles. The molecule has 0 radical (unpaired) electrons. The number of rotatable bonds is 7. The summed E-state index contributed by atoms with van der Waals surface area (Å²) < 4.78 is 7.13. The normalized spacial score (nSPS) is 11.2. The van der Waals surface area contributed by atoms with E-state index in [1.807, 2.05) is 4.57 Å². The number of carboxylic acids is 1. The van der Waals surface area contributed by atoms with Crippen LogP contribution in [0.3, 0.4) is 0 Å². The first-order chi connectivity index (χ1) is 10.0. The summed E-state index contributed by atoms with van der Waals surface area (Å²) in [5, 5.41) is 9.48. The zero-order chi connectivity index (χ0) is 15.4. The quantitative estimate of drug-likeness (QED) is 0.783. The maximum Gasteiger partial charge on any atom is 0.313 e. The number of aliphatic carboxylic acids is 1. The molecule has 114 valence electrons. The molecule has 0 fully saturated rings. The van der Waals surface area contributed by atoms with Crippen molar-refractivity contribution in [3.8, 4) is 5.88 Å². The van der Waals surface area contributed by atoms with Crippen molar-refractivity contribution in [3.63, 3.8) is 0 Å². The molecule has 2 aromatic heterocycles. The molecule has 7 nitrogen and oxygen atoms in total. The van der Waals surface area contributed by atoms with Gasteiger partial charge in [0.1, 0.15) is 6.33 Å². The van der Waals surface area contributed by atoms with Gasteiger partial charge in [-0.3, -0.25) is 4.79 Å². The topological polar surface area (TPSA) is 90.1 Å². The van der Waals surface area contributed by atoms with Gasteiger partial charge in [-0.2, -0.15) is 4.98 Å². The lowest BCUT2D eigenvalue weighted by atomic mass is 10.1. The number of fused-ring (bicyclic) bond motifs is 1. The average molecular weight is 310 g/mol. The lowest BCUT2D eigenvalue weighted by Crippen LogP contribution is -2.06. The third-order valence-electron chi connectivity index (χ3n) is 2.91. The van der Waals surface area contributed by atoms with Crippen molar-refractivity contribution >= 4 is 28.9 Å². The summed E-state index contributed by atoms with van der Waals surface area (Å²) in [7, 11) is 1.53. The standard InChI is InChI=1S/C13H18N4O3S/c1-8(2)4-5-17-11-10(12(20-3)15-7-14-11)16-13(17)21-6-9(18)19/h7-8H,4-6H2,1-3H3,(H,18,19). The molecule has 21 heavy (non-hydrogen) atoms. The Morgan fingerprint density at radius 2 is 2.24 bits per heavy atom. The maximum atomic E-state index is 10.8. The van der Waals surface area contributed by atoms with Crippen molar-refractivity contribution < 1.29 is 14.6 Å². The summed E-state index contributed by atoms with van der Waals surface area (Å²) in [5.74, 6) is 0.0188. The molecule has 1 N–H and O–H groups in total. The van der Waals surface area contributed by atoms with E-state index in [4.69, 9.17) is 9.84 Å². The Bertz CT molecular complexity index is 642. The Kier molecular flexibility index (Phi) is 5.00. The minimum atomic E-state index is -0.875. The van der Waals surface area contributed by atoms with Crippen LogP contribution in [0, 0.1) is 5.92 Å². The van der Waals surface area contributed by atoms with E-state index in [-0.39, 0.29) is 5.75 Å². The van der Waals surface area contributed by atoms with Gasteiger partial charge in [-0.25, -0.2) is 9.97 Å². The Hall–Kier alpha value is -1.83. The van der Waals surface area contributed by atoms with Crippen LogP contribution in [0.25, 0.3) is 11.2 Å². The van der Waals surface area contributed by atoms with Crippen LogP contribution in [-0.4, -0.2) is 43.5 Å². The van der Waals surface area contributed by atoms with Gasteiger partial charge in [-0.1, -0.05) is 25.6 Å². The molecule has 0 spiro atoms. The van der Waals surface area contributed by atoms with Crippen LogP contribution < -0.4 is 4.74 Å². The van der Waals surface area contributed by atoms with Gasteiger partial charge in [-0.15, -0.1) is 0 Å². The maximum absolute atomic E-state index is 10.8. The first-order valence-corrected chi connectivity index (χ1v) is 7.61. The van der Waals surface area contributed by atoms with E-state index in [1.165, 1.54) is 25.2 Å². The highest BCUT2D eigenvalue weighted by Gasteiger charge is 2.17. The molecule has 8 heteroatoms. The number of carboxylic acid groups (broad SMARTS) is 1. The minimum Gasteiger partial charge on any atom is -0.481 e. The van der Waals surface area contributed by atoms with Gasteiger partial charge in [0, 0.05) is 6.54 Å². The molecule has 0 bridgehead atoms. The molecule has 2 aromatic rings. The number of hydrogen-bond acceptors (Lipinski definition) is 6. The highest BCUT2D eigenvalue weighted by atomic mass is 32.2. The number of ether oxygens (including phenoxy) is 1. The van der Waals surface area contributed by atoms with Gasteiger partial charge in [0.25, 0.3) is 0 Å². The lowest BCUT2D eigenvalue weighted by Gasteiger charge is -2.09. The van der Waals surface area contributed by atoms with Crippen molar-refractivity contribution in [1.82, 2.24) is 19.5 Å². The van der Waals surface area contributed by atoms with Crippen molar-refractivity contribution in [3.05, 3.63) is 6.33 Å². The number of thioether (sulfide) groups is 1. The van der Waals surface area contributed by atoms with E-state index >= 15 is 0 Å². The predicted octanol–water partition coefficient (Wildman–Crippen LogP) is 2.06. The first kappa shape index (κ1) is 15.6. The second-order valence-corrected chi connectivity index (χ2v) is 5.91. The van der Waals surface area contributed by atoms with Gasteiger partial charge < -0.3 is 14.4 Å². The molecular weight excluding hydrogens is 292 g/mol. The largest absolute Gasteiger partial charge is 0.481 e. The van der Waals surface area contributed by atoms with Gasteiger partial charge in [0.05, 0.1) is 12.9 Å². The molecule has 0 aliphatic carbocycles. The fourth-order valence-corrected chi connectivity index (χ4v) is 2.61. The zero-order valence-electron chi connectivity index (χ0n) is 12.2. The monoisotopic (exact) mass is 310 g/mol. The summed E-state index contributed by atoms with van der Waals surface area (Å²) in [4.78, 5) is 23.5. The van der Waals surface area contributed by atoms with Crippen molar-refractivity contribution in [2.75, 3.05) is 12.9 Å². The molecule has 0 unspecified atom stereocenters. The molecule has 0 aliphatic heterocycles. The summed E-state index contributed by atoms with van der Waals surface area (Å²) in [6.07, 6.45) is 2.39. The van der Waals surface area contributed by atoms with E-state index in [2.05, 4.69) is 28.8 Å². The minimum absolute atomic E-state index is 0.0409. The molecule has 0 saturated heterocycles. The fraction of sp³-hybridized carbons (Fsp3) is 0.538. The number of aryl methyl sites for hydroxylation is 1. The molecule has 0 saturated carbocycles. The summed E-state index contributed by atoms with van der Waals surface area (Å²) in [6, 6.07) is 0. The third-order valence-corrected chi connectivity index (χ3v) is 3.87. The Labute approximate surface area is 126 Å². The van der Waals surface area contributed by atoms with Gasteiger partial charge in [-0.05, 0) is 12.3 Å². The van der Waals surface area contributed by atoms with Crippen LogP contribution in [0.1, 0.15) is 20.3 Å². The number of aromatic nitrogens is 4. The van der Waals surface area contributed by atoms with E-state index in [0.29, 0.717) is 28.1 Å². The SMILES string of the molecule is COc1ncnc2c1nc(SCC(=O)O)n2CCC(C)C. The number of imidazole rings is 1. The highest BCUT2D eigenvalue weighted by molar-refractivity contribution is 7.99. The molecular formula is C13H18N4O3S. The zero-order valence-corrected chi connectivity index (χ0v) is 13.1. The lowest BCUT2D eigenvalue weighted by molar-refractivity contribution is -0.133. The summed E-state index contributed by atoms with van der Waals surface area (Å²) in [5.41, 5.74) is 1.24. The van der Waals surface area contributed by atoms with Crippen molar-refractivity contribution in [1.29, 1.82) is 0 Å². The van der Waals surface area contributed by atoms with Crippen LogP contribution in [0.4, 0.5) is 0 Å². The molecule has 0 aliphatic rings. The summed E-state index contributed by atoms with van der Waals surface area (Å²) >= 11 is 1.18. The number of methoxy groups -OCH3 is 1. The number of nitrogens with zero attached hydrogens (tertiary/aromatic N) is 4. The fourth-order valence-electron chi connectivity index (χ4n) is 1.87. The smallest absolute Gasteiger partial charge is 0.313 e. The van der Waals surface area contributed by atoms with Crippen LogP contribution >= 0.6 is 11.8 Å². The first-order valence-electron chi connectivity index (χ1n) is 6.62. The second-order valence-electron chi connectivity index (χ2n) is 4.97. The molecule has 2 rings (SSSR count). The van der Waals surface area contributed by atoms with E-state index in [0.717, 1.165) is 13.0 Å². The summed E-state index contributed by atoms with van der Waals surface area (Å²) in [6.45, 7) is 5.01. The van der Waals surface area contributed by atoms with Gasteiger partial charge in [0.15, 0.2) is 16.3 Å².